The first-order valence-electron chi connectivity index (χ1n) is 6.43. The zero-order chi connectivity index (χ0) is 15.3. The number of hydrogen-bond donors (Lipinski definition) is 2. The molecule has 114 valence electrons. The van der Waals surface area contributed by atoms with Crippen LogP contribution in [0, 0.1) is 0 Å². The summed E-state index contributed by atoms with van der Waals surface area (Å²) < 4.78 is 32.6. The quantitative estimate of drug-likeness (QED) is 0.812. The van der Waals surface area contributed by atoms with E-state index in [0.717, 1.165) is 17.7 Å². The molecule has 0 saturated carbocycles. The van der Waals surface area contributed by atoms with Crippen molar-refractivity contribution in [2.24, 2.45) is 5.14 Å². The van der Waals surface area contributed by atoms with Crippen LogP contribution in [-0.4, -0.2) is 22.1 Å². The third kappa shape index (κ3) is 4.32. The highest BCUT2D eigenvalue weighted by Gasteiger charge is 2.13. The lowest BCUT2D eigenvalue weighted by Gasteiger charge is -2.10. The molecule has 0 fully saturated rings. The van der Waals surface area contributed by atoms with E-state index in [1.165, 1.54) is 6.07 Å². The molecule has 7 heteroatoms. The average Bonchev–Trinajstić information content (AvgIpc) is 2.92. The maximum Gasteiger partial charge on any atom is 0.271 e. The normalized spacial score (nSPS) is 11.5. The number of methoxy groups -OCH3 is 1. The first kappa shape index (κ1) is 15.6. The Kier molecular flexibility index (Phi) is 5.00. The Bertz CT molecular complexity index is 695. The van der Waals surface area contributed by atoms with Crippen LogP contribution in [0.4, 0.5) is 5.69 Å². The van der Waals surface area contributed by atoms with E-state index < -0.39 is 10.0 Å². The minimum Gasteiger partial charge on any atom is -0.446 e. The standard InChI is InChI=1S/C14H18N2O4S/c1-19-9-8-11-4-2-3-5-13(11)16-10-12-6-7-14(20-12)21(15,17)18/h2-7,16H,8-10H2,1H3,(H2,15,17,18). The summed E-state index contributed by atoms with van der Waals surface area (Å²) >= 11 is 0. The van der Waals surface area contributed by atoms with E-state index in [9.17, 15) is 8.42 Å². The number of hydrogen-bond acceptors (Lipinski definition) is 5. The van der Waals surface area contributed by atoms with E-state index in [-0.39, 0.29) is 5.09 Å². The second-order valence-corrected chi connectivity index (χ2v) is 6.01. The zero-order valence-corrected chi connectivity index (χ0v) is 12.5. The van der Waals surface area contributed by atoms with Crippen molar-refractivity contribution in [3.05, 3.63) is 47.7 Å². The highest BCUT2D eigenvalue weighted by Crippen LogP contribution is 2.18. The lowest BCUT2D eigenvalue weighted by Crippen LogP contribution is -2.10. The van der Waals surface area contributed by atoms with Gasteiger partial charge in [0.05, 0.1) is 13.2 Å². The lowest BCUT2D eigenvalue weighted by molar-refractivity contribution is 0.202. The number of primary sulfonamides is 1. The molecule has 0 unspecified atom stereocenters. The molecule has 0 bridgehead atoms. The van der Waals surface area contributed by atoms with Gasteiger partial charge in [0, 0.05) is 12.8 Å². The molecule has 0 aliphatic rings. The van der Waals surface area contributed by atoms with Gasteiger partial charge < -0.3 is 14.5 Å². The van der Waals surface area contributed by atoms with Crippen molar-refractivity contribution in [3.63, 3.8) is 0 Å². The largest absolute Gasteiger partial charge is 0.446 e. The minimum absolute atomic E-state index is 0.230. The Morgan fingerprint density at radius 1 is 1.24 bits per heavy atom. The summed E-state index contributed by atoms with van der Waals surface area (Å²) in [7, 11) is -2.14. The number of nitrogens with two attached hydrogens (primary N) is 1. The molecule has 0 aliphatic heterocycles. The monoisotopic (exact) mass is 310 g/mol. The molecule has 0 saturated heterocycles. The number of anilines is 1. The van der Waals surface area contributed by atoms with Crippen molar-refractivity contribution >= 4 is 15.7 Å². The molecule has 1 aromatic carbocycles. The summed E-state index contributed by atoms with van der Waals surface area (Å²) in [5.74, 6) is 0.501. The lowest BCUT2D eigenvalue weighted by atomic mass is 10.1. The zero-order valence-electron chi connectivity index (χ0n) is 11.7. The van der Waals surface area contributed by atoms with Gasteiger partial charge in [0.1, 0.15) is 5.76 Å². The fourth-order valence-corrected chi connectivity index (χ4v) is 2.39. The maximum absolute atomic E-state index is 11.1. The molecule has 0 aliphatic carbocycles. The molecule has 0 amide bonds. The molecular weight excluding hydrogens is 292 g/mol. The van der Waals surface area contributed by atoms with Gasteiger partial charge in [-0.05, 0) is 30.2 Å². The van der Waals surface area contributed by atoms with Crippen LogP contribution < -0.4 is 10.5 Å². The van der Waals surface area contributed by atoms with Crippen molar-refractivity contribution in [2.45, 2.75) is 18.1 Å². The SMILES string of the molecule is COCCc1ccccc1NCc1ccc(S(N)(=O)=O)o1. The number of para-hydroxylation sites is 1. The number of nitrogens with one attached hydrogen (secondary N) is 1. The second-order valence-electron chi connectivity index (χ2n) is 4.52. The van der Waals surface area contributed by atoms with Gasteiger partial charge in [-0.1, -0.05) is 18.2 Å². The number of sulfonamides is 1. The van der Waals surface area contributed by atoms with E-state index in [1.54, 1.807) is 13.2 Å². The number of rotatable bonds is 7. The van der Waals surface area contributed by atoms with E-state index in [0.29, 0.717) is 18.9 Å². The number of ether oxygens (including phenoxy) is 1. The van der Waals surface area contributed by atoms with Crippen LogP contribution in [0.1, 0.15) is 11.3 Å². The summed E-state index contributed by atoms with van der Waals surface area (Å²) in [6, 6.07) is 10.8. The Morgan fingerprint density at radius 2 is 2.00 bits per heavy atom. The topological polar surface area (TPSA) is 94.6 Å². The molecule has 6 nitrogen and oxygen atoms in total. The second kappa shape index (κ2) is 6.75. The van der Waals surface area contributed by atoms with Crippen LogP contribution in [0.3, 0.4) is 0 Å². The minimum atomic E-state index is -3.80. The fourth-order valence-electron chi connectivity index (χ4n) is 1.91. The molecule has 2 rings (SSSR count). The molecule has 2 aromatic rings. The summed E-state index contributed by atoms with van der Waals surface area (Å²) in [5, 5.41) is 7.99. The van der Waals surface area contributed by atoms with E-state index in [2.05, 4.69) is 5.32 Å². The first-order chi connectivity index (χ1) is 10.0. The van der Waals surface area contributed by atoms with Gasteiger partial charge in [0.15, 0.2) is 0 Å². The molecule has 1 aromatic heterocycles. The van der Waals surface area contributed by atoms with E-state index in [1.807, 2.05) is 24.3 Å². The Morgan fingerprint density at radius 3 is 2.67 bits per heavy atom. The van der Waals surface area contributed by atoms with E-state index >= 15 is 0 Å². The molecule has 21 heavy (non-hydrogen) atoms. The highest BCUT2D eigenvalue weighted by atomic mass is 32.2. The summed E-state index contributed by atoms with van der Waals surface area (Å²) in [6.45, 7) is 1.01. The van der Waals surface area contributed by atoms with Gasteiger partial charge in [-0.15, -0.1) is 0 Å². The van der Waals surface area contributed by atoms with E-state index in [4.69, 9.17) is 14.3 Å². The Hall–Kier alpha value is -1.83. The van der Waals surface area contributed by atoms with Gasteiger partial charge in [-0.25, -0.2) is 13.6 Å². The highest BCUT2D eigenvalue weighted by molar-refractivity contribution is 7.89. The molecule has 0 atom stereocenters. The molecule has 3 N–H and O–H groups in total. The van der Waals surface area contributed by atoms with Crippen molar-refractivity contribution in [3.8, 4) is 0 Å². The number of furan rings is 1. The van der Waals surface area contributed by atoms with Gasteiger partial charge in [-0.3, -0.25) is 0 Å². The van der Waals surface area contributed by atoms with Gasteiger partial charge in [-0.2, -0.15) is 0 Å². The van der Waals surface area contributed by atoms with Crippen molar-refractivity contribution < 1.29 is 17.6 Å². The van der Waals surface area contributed by atoms with Crippen molar-refractivity contribution in [2.75, 3.05) is 19.0 Å². The summed E-state index contributed by atoms with van der Waals surface area (Å²) in [5.41, 5.74) is 2.08. The molecular formula is C14H18N2O4S. The van der Waals surface area contributed by atoms with Gasteiger partial charge >= 0.3 is 0 Å². The van der Waals surface area contributed by atoms with Gasteiger partial charge in [0.2, 0.25) is 5.09 Å². The predicted octanol–water partition coefficient (Wildman–Crippen LogP) is 1.73. The summed E-state index contributed by atoms with van der Waals surface area (Å²) in [4.78, 5) is 0. The third-order valence-corrected chi connectivity index (χ3v) is 3.74. The number of benzene rings is 1. The predicted molar refractivity (Wildman–Crippen MR) is 79.4 cm³/mol. The van der Waals surface area contributed by atoms with Crippen LogP contribution in [0.2, 0.25) is 0 Å². The molecule has 0 radical (unpaired) electrons. The van der Waals surface area contributed by atoms with Crippen LogP contribution in [0.15, 0.2) is 45.9 Å². The Labute approximate surface area is 124 Å². The third-order valence-electron chi connectivity index (χ3n) is 2.96. The summed E-state index contributed by atoms with van der Waals surface area (Å²) in [6.07, 6.45) is 0.792. The van der Waals surface area contributed by atoms with Gasteiger partial charge in [0.25, 0.3) is 10.0 Å². The van der Waals surface area contributed by atoms with Crippen LogP contribution in [-0.2, 0) is 27.7 Å². The smallest absolute Gasteiger partial charge is 0.271 e. The maximum atomic E-state index is 11.1. The first-order valence-corrected chi connectivity index (χ1v) is 7.97. The van der Waals surface area contributed by atoms with Crippen LogP contribution in [0.5, 0.6) is 0 Å². The Balaban J connectivity index is 2.04. The average molecular weight is 310 g/mol. The molecule has 0 spiro atoms. The van der Waals surface area contributed by atoms with Crippen LogP contribution in [0.25, 0.3) is 0 Å². The van der Waals surface area contributed by atoms with Crippen LogP contribution >= 0.6 is 0 Å². The fraction of sp³-hybridized carbons (Fsp3) is 0.286. The van der Waals surface area contributed by atoms with Crippen molar-refractivity contribution in [1.29, 1.82) is 0 Å². The molecule has 1 heterocycles. The van der Waals surface area contributed by atoms with Crippen molar-refractivity contribution in [1.82, 2.24) is 0 Å².